The van der Waals surface area contributed by atoms with Crippen LogP contribution in [0.3, 0.4) is 0 Å². The van der Waals surface area contributed by atoms with Crippen LogP contribution >= 0.6 is 0 Å². The second-order valence-electron chi connectivity index (χ2n) is 10.3. The molecule has 188 valence electrons. The summed E-state index contributed by atoms with van der Waals surface area (Å²) in [5, 5.41) is 13.7. The lowest BCUT2D eigenvalue weighted by Crippen LogP contribution is -2.10. The van der Waals surface area contributed by atoms with Gasteiger partial charge in [0.1, 0.15) is 0 Å². The minimum atomic E-state index is 1.09. The van der Waals surface area contributed by atoms with Crippen molar-refractivity contribution in [3.05, 3.63) is 152 Å². The van der Waals surface area contributed by atoms with Gasteiger partial charge in [0.15, 0.2) is 0 Å². The van der Waals surface area contributed by atoms with Gasteiger partial charge in [-0.2, -0.15) is 0 Å². The standard InChI is InChI=1S/C38H26N2/c1-3-11-30(12-4-1)39-35-23-18-27-17-22-34-36(24-19-28-16-21-33(35)37(27)38(28)34)40(31-13-5-2-6-14-31)32-20-15-26-9-7-8-10-29(26)25-32/h1-25,39H. The number of hydrogen-bond donors (Lipinski definition) is 1. The van der Waals surface area contributed by atoms with Gasteiger partial charge in [-0.05, 0) is 80.8 Å². The number of benzene rings is 8. The molecule has 0 radical (unpaired) electrons. The highest BCUT2D eigenvalue weighted by Crippen LogP contribution is 2.45. The van der Waals surface area contributed by atoms with Gasteiger partial charge in [0.05, 0.1) is 5.69 Å². The first-order valence-corrected chi connectivity index (χ1v) is 13.7. The molecular weight excluding hydrogens is 484 g/mol. The van der Waals surface area contributed by atoms with E-state index in [1.54, 1.807) is 0 Å². The van der Waals surface area contributed by atoms with E-state index in [4.69, 9.17) is 0 Å². The highest BCUT2D eigenvalue weighted by Gasteiger charge is 2.19. The largest absolute Gasteiger partial charge is 0.355 e. The summed E-state index contributed by atoms with van der Waals surface area (Å²) in [7, 11) is 0. The van der Waals surface area contributed by atoms with Crippen LogP contribution in [-0.2, 0) is 0 Å². The van der Waals surface area contributed by atoms with Gasteiger partial charge in [-0.15, -0.1) is 0 Å². The molecule has 0 unspecified atom stereocenters. The molecule has 0 fully saturated rings. The quantitative estimate of drug-likeness (QED) is 0.232. The van der Waals surface area contributed by atoms with Crippen LogP contribution in [0, 0.1) is 0 Å². The summed E-state index contributed by atoms with van der Waals surface area (Å²) in [6.45, 7) is 0. The Morgan fingerprint density at radius 3 is 1.80 bits per heavy atom. The summed E-state index contributed by atoms with van der Waals surface area (Å²) in [6.07, 6.45) is 0. The van der Waals surface area contributed by atoms with Gasteiger partial charge in [-0.1, -0.05) is 103 Å². The molecule has 0 amide bonds. The van der Waals surface area contributed by atoms with E-state index in [9.17, 15) is 0 Å². The Balaban J connectivity index is 1.39. The third-order valence-electron chi connectivity index (χ3n) is 7.94. The maximum Gasteiger partial charge on any atom is 0.0540 e. The molecule has 0 spiro atoms. The average molecular weight is 511 g/mol. The second kappa shape index (κ2) is 9.14. The van der Waals surface area contributed by atoms with Crippen molar-refractivity contribution in [2.24, 2.45) is 0 Å². The molecule has 8 rings (SSSR count). The summed E-state index contributed by atoms with van der Waals surface area (Å²) in [5.41, 5.74) is 5.66. The van der Waals surface area contributed by atoms with Gasteiger partial charge < -0.3 is 10.2 Å². The maximum absolute atomic E-state index is 3.65. The topological polar surface area (TPSA) is 15.3 Å². The van der Waals surface area contributed by atoms with Crippen molar-refractivity contribution >= 4 is 71.5 Å². The van der Waals surface area contributed by atoms with E-state index in [0.29, 0.717) is 0 Å². The molecule has 0 bridgehead atoms. The summed E-state index contributed by atoms with van der Waals surface area (Å²) in [6, 6.07) is 54.4. The zero-order valence-corrected chi connectivity index (χ0v) is 21.9. The molecule has 0 aliphatic heterocycles. The first-order chi connectivity index (χ1) is 19.8. The van der Waals surface area contributed by atoms with Crippen LogP contribution in [0.4, 0.5) is 28.4 Å². The molecule has 0 atom stereocenters. The molecule has 0 saturated heterocycles. The highest BCUT2D eigenvalue weighted by atomic mass is 15.1. The van der Waals surface area contributed by atoms with E-state index in [1.165, 1.54) is 48.8 Å². The van der Waals surface area contributed by atoms with E-state index in [0.717, 1.165) is 22.7 Å². The molecule has 2 nitrogen and oxygen atoms in total. The molecule has 0 heterocycles. The molecule has 40 heavy (non-hydrogen) atoms. The predicted molar refractivity (Wildman–Crippen MR) is 172 cm³/mol. The number of anilines is 5. The molecular formula is C38H26N2. The number of para-hydroxylation sites is 2. The van der Waals surface area contributed by atoms with Crippen molar-refractivity contribution in [3.63, 3.8) is 0 Å². The van der Waals surface area contributed by atoms with Crippen molar-refractivity contribution in [1.82, 2.24) is 0 Å². The van der Waals surface area contributed by atoms with Gasteiger partial charge in [0, 0.05) is 33.5 Å². The van der Waals surface area contributed by atoms with Gasteiger partial charge >= 0.3 is 0 Å². The van der Waals surface area contributed by atoms with Crippen molar-refractivity contribution in [3.8, 4) is 0 Å². The Labute approximate surface area is 233 Å². The lowest BCUT2D eigenvalue weighted by Gasteiger charge is -2.28. The number of fused-ring (bicyclic) bond motifs is 1. The third kappa shape index (κ3) is 3.65. The van der Waals surface area contributed by atoms with E-state index >= 15 is 0 Å². The van der Waals surface area contributed by atoms with Crippen LogP contribution in [0.1, 0.15) is 0 Å². The summed E-state index contributed by atoms with van der Waals surface area (Å²) >= 11 is 0. The van der Waals surface area contributed by atoms with E-state index in [2.05, 4.69) is 156 Å². The van der Waals surface area contributed by atoms with Crippen LogP contribution in [-0.4, -0.2) is 0 Å². The average Bonchev–Trinajstić information content (AvgIpc) is 3.02. The van der Waals surface area contributed by atoms with Crippen LogP contribution in [0.25, 0.3) is 43.1 Å². The lowest BCUT2D eigenvalue weighted by atomic mass is 9.92. The number of nitrogens with one attached hydrogen (secondary N) is 1. The maximum atomic E-state index is 3.65. The molecule has 0 aliphatic carbocycles. The van der Waals surface area contributed by atoms with Gasteiger partial charge in [-0.25, -0.2) is 0 Å². The first kappa shape index (κ1) is 22.6. The first-order valence-electron chi connectivity index (χ1n) is 13.7. The van der Waals surface area contributed by atoms with Crippen molar-refractivity contribution in [1.29, 1.82) is 0 Å². The van der Waals surface area contributed by atoms with Gasteiger partial charge in [-0.3, -0.25) is 0 Å². The number of rotatable bonds is 5. The Morgan fingerprint density at radius 1 is 0.400 bits per heavy atom. The van der Waals surface area contributed by atoms with Crippen molar-refractivity contribution in [2.75, 3.05) is 10.2 Å². The SMILES string of the molecule is c1ccc(Nc2ccc3ccc4c(N(c5ccccc5)c5ccc6ccccc6c5)ccc5ccc2c3c54)cc1. The van der Waals surface area contributed by atoms with Crippen LogP contribution in [0.2, 0.25) is 0 Å². The normalized spacial score (nSPS) is 11.5. The fraction of sp³-hybridized carbons (Fsp3) is 0. The molecule has 0 aromatic heterocycles. The van der Waals surface area contributed by atoms with Crippen molar-refractivity contribution < 1.29 is 0 Å². The zero-order valence-electron chi connectivity index (χ0n) is 21.9. The Hall–Kier alpha value is -5.34. The molecule has 0 saturated carbocycles. The Kier molecular flexibility index (Phi) is 5.17. The fourth-order valence-corrected chi connectivity index (χ4v) is 6.09. The number of hydrogen-bond acceptors (Lipinski definition) is 2. The second-order valence-corrected chi connectivity index (χ2v) is 10.3. The van der Waals surface area contributed by atoms with E-state index < -0.39 is 0 Å². The molecule has 0 aliphatic rings. The summed E-state index contributed by atoms with van der Waals surface area (Å²) in [5.74, 6) is 0. The van der Waals surface area contributed by atoms with Gasteiger partial charge in [0.25, 0.3) is 0 Å². The van der Waals surface area contributed by atoms with Crippen LogP contribution in [0.15, 0.2) is 152 Å². The fourth-order valence-electron chi connectivity index (χ4n) is 6.09. The van der Waals surface area contributed by atoms with Crippen LogP contribution < -0.4 is 10.2 Å². The van der Waals surface area contributed by atoms with E-state index in [1.807, 2.05) is 6.07 Å². The minimum Gasteiger partial charge on any atom is -0.355 e. The number of nitrogens with zero attached hydrogens (tertiary/aromatic N) is 1. The molecule has 8 aromatic carbocycles. The zero-order chi connectivity index (χ0) is 26.5. The smallest absolute Gasteiger partial charge is 0.0540 e. The molecule has 8 aromatic rings. The summed E-state index contributed by atoms with van der Waals surface area (Å²) in [4.78, 5) is 2.39. The lowest BCUT2D eigenvalue weighted by molar-refractivity contribution is 1.31. The Bertz CT molecular complexity index is 2130. The molecule has 2 heteroatoms. The van der Waals surface area contributed by atoms with Crippen molar-refractivity contribution in [2.45, 2.75) is 0 Å². The summed E-state index contributed by atoms with van der Waals surface area (Å²) < 4.78 is 0. The minimum absolute atomic E-state index is 1.09. The molecule has 1 N–H and O–H groups in total. The van der Waals surface area contributed by atoms with E-state index in [-0.39, 0.29) is 0 Å². The third-order valence-corrected chi connectivity index (χ3v) is 7.94. The van der Waals surface area contributed by atoms with Gasteiger partial charge in [0.2, 0.25) is 0 Å². The van der Waals surface area contributed by atoms with Crippen LogP contribution in [0.5, 0.6) is 0 Å². The Morgan fingerprint density at radius 2 is 1.00 bits per heavy atom. The monoisotopic (exact) mass is 510 g/mol. The predicted octanol–water partition coefficient (Wildman–Crippen LogP) is 11.0. The highest BCUT2D eigenvalue weighted by molar-refractivity contribution is 6.27.